The third kappa shape index (κ3) is 3.70. The molecule has 5 heteroatoms. The second kappa shape index (κ2) is 6.70. The monoisotopic (exact) mass is 281 g/mol. The van der Waals surface area contributed by atoms with Crippen LogP contribution in [-0.4, -0.2) is 41.7 Å². The molecule has 1 unspecified atom stereocenters. The summed E-state index contributed by atoms with van der Waals surface area (Å²) in [5.74, 6) is -1.66. The molecular weight excluding hydrogens is 261 g/mol. The molecule has 20 heavy (non-hydrogen) atoms. The number of ether oxygens (including phenoxy) is 1. The van der Waals surface area contributed by atoms with E-state index in [-0.39, 0.29) is 11.3 Å². The van der Waals surface area contributed by atoms with Gasteiger partial charge in [-0.2, -0.15) is 0 Å². The van der Waals surface area contributed by atoms with E-state index >= 15 is 0 Å². The van der Waals surface area contributed by atoms with Crippen molar-refractivity contribution < 1.29 is 19.0 Å². The maximum Gasteiger partial charge on any atom is 0.335 e. The normalized spacial score (nSPS) is 19.8. The zero-order chi connectivity index (χ0) is 14.5. The lowest BCUT2D eigenvalue weighted by atomic mass is 10.0. The lowest BCUT2D eigenvalue weighted by Gasteiger charge is -2.33. The van der Waals surface area contributed by atoms with Gasteiger partial charge in [-0.25, -0.2) is 9.18 Å². The van der Waals surface area contributed by atoms with Crippen molar-refractivity contribution in [3.8, 4) is 5.75 Å². The van der Waals surface area contributed by atoms with Gasteiger partial charge in [0.2, 0.25) is 0 Å². The highest BCUT2D eigenvalue weighted by molar-refractivity contribution is 5.87. The van der Waals surface area contributed by atoms with Gasteiger partial charge in [0, 0.05) is 12.6 Å². The first-order valence-electron chi connectivity index (χ1n) is 6.97. The number of halogens is 1. The molecular formula is C15H20FNO3. The van der Waals surface area contributed by atoms with Gasteiger partial charge in [-0.05, 0) is 44.5 Å². The van der Waals surface area contributed by atoms with E-state index in [1.54, 1.807) is 0 Å². The van der Waals surface area contributed by atoms with Gasteiger partial charge in [0.1, 0.15) is 6.61 Å². The Bertz CT molecular complexity index is 478. The first kappa shape index (κ1) is 14.8. The number of likely N-dealkylation sites (tertiary alicyclic amines) is 1. The predicted octanol–water partition coefficient (Wildman–Crippen LogP) is 2.78. The van der Waals surface area contributed by atoms with Crippen molar-refractivity contribution in [2.24, 2.45) is 0 Å². The molecule has 0 amide bonds. The fraction of sp³-hybridized carbons (Fsp3) is 0.533. The summed E-state index contributed by atoms with van der Waals surface area (Å²) in [6, 6.07) is 4.26. The van der Waals surface area contributed by atoms with Crippen molar-refractivity contribution in [3.63, 3.8) is 0 Å². The smallest absolute Gasteiger partial charge is 0.335 e. The lowest BCUT2D eigenvalue weighted by molar-refractivity contribution is 0.0696. The molecule has 0 aliphatic carbocycles. The van der Waals surface area contributed by atoms with E-state index < -0.39 is 11.8 Å². The molecule has 1 heterocycles. The van der Waals surface area contributed by atoms with Crippen LogP contribution in [0.2, 0.25) is 0 Å². The van der Waals surface area contributed by atoms with Crippen LogP contribution < -0.4 is 4.74 Å². The Balaban J connectivity index is 1.86. The van der Waals surface area contributed by atoms with Crippen molar-refractivity contribution in [2.45, 2.75) is 32.2 Å². The maximum absolute atomic E-state index is 13.7. The van der Waals surface area contributed by atoms with E-state index in [9.17, 15) is 9.18 Å². The molecule has 1 atom stereocenters. The van der Waals surface area contributed by atoms with Crippen molar-refractivity contribution in [3.05, 3.63) is 29.6 Å². The van der Waals surface area contributed by atoms with Crippen molar-refractivity contribution in [1.82, 2.24) is 4.90 Å². The van der Waals surface area contributed by atoms with Gasteiger partial charge in [0.15, 0.2) is 11.6 Å². The molecule has 0 spiro atoms. The minimum Gasteiger partial charge on any atom is -0.489 e. The summed E-state index contributed by atoms with van der Waals surface area (Å²) in [5.41, 5.74) is -0.0699. The van der Waals surface area contributed by atoms with E-state index in [2.05, 4.69) is 11.8 Å². The van der Waals surface area contributed by atoms with Gasteiger partial charge in [0.05, 0.1) is 5.56 Å². The average Bonchev–Trinajstić information content (AvgIpc) is 2.42. The topological polar surface area (TPSA) is 49.8 Å². The number of aromatic carboxylic acids is 1. The predicted molar refractivity (Wildman–Crippen MR) is 73.7 cm³/mol. The largest absolute Gasteiger partial charge is 0.489 e. The molecule has 110 valence electrons. The number of hydrogen-bond acceptors (Lipinski definition) is 3. The number of rotatable bonds is 5. The summed E-state index contributed by atoms with van der Waals surface area (Å²) in [6.45, 7) is 4.43. The molecule has 1 saturated heterocycles. The second-order valence-electron chi connectivity index (χ2n) is 5.18. The number of piperidine rings is 1. The van der Waals surface area contributed by atoms with Crippen LogP contribution in [0.3, 0.4) is 0 Å². The Morgan fingerprint density at radius 3 is 2.95 bits per heavy atom. The van der Waals surface area contributed by atoms with Crippen LogP contribution in [0.1, 0.15) is 36.5 Å². The Labute approximate surface area is 118 Å². The van der Waals surface area contributed by atoms with E-state index in [0.717, 1.165) is 19.2 Å². The summed E-state index contributed by atoms with van der Waals surface area (Å²) >= 11 is 0. The number of carboxylic acids is 1. The zero-order valence-electron chi connectivity index (χ0n) is 11.6. The highest BCUT2D eigenvalue weighted by Crippen LogP contribution is 2.19. The van der Waals surface area contributed by atoms with Gasteiger partial charge in [-0.1, -0.05) is 6.42 Å². The van der Waals surface area contributed by atoms with Crippen LogP contribution in [-0.2, 0) is 0 Å². The summed E-state index contributed by atoms with van der Waals surface area (Å²) in [6.07, 6.45) is 3.66. The molecule has 2 rings (SSSR count). The van der Waals surface area contributed by atoms with Crippen LogP contribution >= 0.6 is 0 Å². The highest BCUT2D eigenvalue weighted by Gasteiger charge is 2.18. The molecule has 1 aliphatic rings. The molecule has 1 aliphatic heterocycles. The third-order valence-electron chi connectivity index (χ3n) is 3.76. The second-order valence-corrected chi connectivity index (χ2v) is 5.18. The zero-order valence-corrected chi connectivity index (χ0v) is 11.6. The van der Waals surface area contributed by atoms with Crippen LogP contribution in [0.4, 0.5) is 4.39 Å². The lowest BCUT2D eigenvalue weighted by Crippen LogP contribution is -2.39. The molecule has 0 radical (unpaired) electrons. The standard InChI is InChI=1S/C15H20FNO3/c1-11-4-2-3-7-17(11)8-9-20-14-6-5-12(15(18)19)10-13(14)16/h5-6,10-11H,2-4,7-9H2,1H3,(H,18,19). The molecule has 0 saturated carbocycles. The number of benzene rings is 1. The quantitative estimate of drug-likeness (QED) is 0.901. The first-order valence-corrected chi connectivity index (χ1v) is 6.97. The number of hydrogen-bond donors (Lipinski definition) is 1. The van der Waals surface area contributed by atoms with Crippen LogP contribution in [0.5, 0.6) is 5.75 Å². The molecule has 1 N–H and O–H groups in total. The summed E-state index contributed by atoms with van der Waals surface area (Å²) in [4.78, 5) is 13.0. The molecule has 0 bridgehead atoms. The van der Waals surface area contributed by atoms with Crippen LogP contribution in [0.15, 0.2) is 18.2 Å². The number of carbonyl (C=O) groups is 1. The Hall–Kier alpha value is -1.62. The van der Waals surface area contributed by atoms with Crippen LogP contribution in [0.25, 0.3) is 0 Å². The van der Waals surface area contributed by atoms with E-state index in [4.69, 9.17) is 9.84 Å². The third-order valence-corrected chi connectivity index (χ3v) is 3.76. The van der Waals surface area contributed by atoms with Gasteiger partial charge in [-0.3, -0.25) is 4.90 Å². The van der Waals surface area contributed by atoms with E-state index in [0.29, 0.717) is 12.6 Å². The average molecular weight is 281 g/mol. The number of carboxylic acid groups (broad SMARTS) is 1. The molecule has 1 aromatic carbocycles. The van der Waals surface area contributed by atoms with E-state index in [1.165, 1.54) is 31.4 Å². The summed E-state index contributed by atoms with van der Waals surface area (Å²) in [5, 5.41) is 8.76. The number of nitrogens with zero attached hydrogens (tertiary/aromatic N) is 1. The Morgan fingerprint density at radius 1 is 1.50 bits per heavy atom. The summed E-state index contributed by atoms with van der Waals surface area (Å²) in [7, 11) is 0. The minimum atomic E-state index is -1.14. The fourth-order valence-corrected chi connectivity index (χ4v) is 2.51. The van der Waals surface area contributed by atoms with E-state index in [1.807, 2.05) is 0 Å². The highest BCUT2D eigenvalue weighted by atomic mass is 19.1. The SMILES string of the molecule is CC1CCCCN1CCOc1ccc(C(=O)O)cc1F. The molecule has 1 fully saturated rings. The first-order chi connectivity index (χ1) is 9.58. The molecule has 1 aromatic rings. The van der Waals surface area contributed by atoms with Crippen LogP contribution in [0, 0.1) is 5.82 Å². The van der Waals surface area contributed by atoms with Crippen molar-refractivity contribution in [2.75, 3.05) is 19.7 Å². The minimum absolute atomic E-state index is 0.0699. The Kier molecular flexibility index (Phi) is 4.95. The summed E-state index contributed by atoms with van der Waals surface area (Å²) < 4.78 is 19.1. The molecule has 4 nitrogen and oxygen atoms in total. The van der Waals surface area contributed by atoms with Crippen molar-refractivity contribution in [1.29, 1.82) is 0 Å². The Morgan fingerprint density at radius 2 is 2.30 bits per heavy atom. The molecule has 0 aromatic heterocycles. The van der Waals surface area contributed by atoms with Crippen molar-refractivity contribution >= 4 is 5.97 Å². The fourth-order valence-electron chi connectivity index (χ4n) is 2.51. The maximum atomic E-state index is 13.7. The van der Waals surface area contributed by atoms with Gasteiger partial charge in [-0.15, -0.1) is 0 Å². The van der Waals surface area contributed by atoms with Gasteiger partial charge in [0.25, 0.3) is 0 Å². The van der Waals surface area contributed by atoms with Gasteiger partial charge < -0.3 is 9.84 Å². The van der Waals surface area contributed by atoms with Gasteiger partial charge >= 0.3 is 5.97 Å².